The lowest BCUT2D eigenvalue weighted by molar-refractivity contribution is 0.0943. The normalized spacial score (nSPS) is 11.4. The number of halogens is 1. The molecular weight excluding hydrogens is 360 g/mol. The van der Waals surface area contributed by atoms with E-state index >= 15 is 0 Å². The number of sulfonamides is 1. The molecule has 6 nitrogen and oxygen atoms in total. The van der Waals surface area contributed by atoms with Crippen LogP contribution in [0.15, 0.2) is 44.1 Å². The smallest absolute Gasteiger partial charge is 0.269 e. The summed E-state index contributed by atoms with van der Waals surface area (Å²) in [4.78, 5) is 14.0. The van der Waals surface area contributed by atoms with Gasteiger partial charge in [0.2, 0.25) is 0 Å². The minimum atomic E-state index is -3.82. The molecule has 0 aliphatic heterocycles. The van der Waals surface area contributed by atoms with E-state index in [2.05, 4.69) is 21.4 Å². The van der Waals surface area contributed by atoms with Crippen molar-refractivity contribution in [3.05, 3.63) is 51.9 Å². The number of benzene rings is 1. The van der Waals surface area contributed by atoms with Gasteiger partial charge in [-0.25, -0.2) is 8.42 Å². The Labute approximate surface area is 130 Å². The van der Waals surface area contributed by atoms with E-state index in [-0.39, 0.29) is 10.5 Å². The zero-order valence-electron chi connectivity index (χ0n) is 11.3. The molecule has 0 saturated heterocycles. The van der Waals surface area contributed by atoms with E-state index in [9.17, 15) is 13.2 Å². The predicted molar refractivity (Wildman–Crippen MR) is 80.1 cm³/mol. The molecule has 0 aliphatic rings. The van der Waals surface area contributed by atoms with Crippen LogP contribution in [0.2, 0.25) is 0 Å². The van der Waals surface area contributed by atoms with Crippen molar-refractivity contribution in [3.63, 3.8) is 0 Å². The lowest BCUT2D eigenvalue weighted by Crippen LogP contribution is -2.41. The fourth-order valence-electron chi connectivity index (χ4n) is 1.71. The second-order valence-electron chi connectivity index (χ2n) is 4.34. The molecule has 1 aromatic heterocycles. The Hall–Kier alpha value is -1.64. The van der Waals surface area contributed by atoms with Crippen molar-refractivity contribution in [2.24, 2.45) is 0 Å². The van der Waals surface area contributed by atoms with Gasteiger partial charge in [0.05, 0.1) is 10.5 Å². The van der Waals surface area contributed by atoms with Crippen LogP contribution < -0.4 is 10.3 Å². The van der Waals surface area contributed by atoms with Crippen molar-refractivity contribution in [1.82, 2.24) is 10.3 Å². The fourth-order valence-corrected chi connectivity index (χ4v) is 2.81. The summed E-state index contributed by atoms with van der Waals surface area (Å²) in [5.74, 6) is 0.422. The number of rotatable bonds is 4. The highest BCUT2D eigenvalue weighted by Gasteiger charge is 2.18. The van der Waals surface area contributed by atoms with Crippen molar-refractivity contribution >= 4 is 31.9 Å². The summed E-state index contributed by atoms with van der Waals surface area (Å²) in [6.45, 7) is 3.33. The number of hydrazine groups is 1. The van der Waals surface area contributed by atoms with Crippen LogP contribution in [0.5, 0.6) is 0 Å². The topological polar surface area (TPSA) is 88.4 Å². The number of carbonyl (C=O) groups excluding carboxylic acids is 1. The predicted octanol–water partition coefficient (Wildman–Crippen LogP) is 2.28. The molecule has 0 saturated carbocycles. The van der Waals surface area contributed by atoms with E-state index in [0.717, 1.165) is 4.47 Å². The van der Waals surface area contributed by atoms with E-state index < -0.39 is 15.9 Å². The molecule has 1 amide bonds. The molecule has 0 radical (unpaired) electrons. The third-order valence-electron chi connectivity index (χ3n) is 2.71. The van der Waals surface area contributed by atoms with E-state index in [1.807, 2.05) is 4.83 Å². The minimum Gasteiger partial charge on any atom is -0.466 e. The van der Waals surface area contributed by atoms with Gasteiger partial charge >= 0.3 is 0 Å². The van der Waals surface area contributed by atoms with Crippen LogP contribution in [-0.4, -0.2) is 14.3 Å². The largest absolute Gasteiger partial charge is 0.466 e. The lowest BCUT2D eigenvalue weighted by Gasteiger charge is -2.08. The van der Waals surface area contributed by atoms with Gasteiger partial charge in [0.1, 0.15) is 11.5 Å². The first-order valence-electron chi connectivity index (χ1n) is 5.94. The first-order chi connectivity index (χ1) is 9.79. The molecule has 8 heteroatoms. The molecule has 0 unspecified atom stereocenters. The van der Waals surface area contributed by atoms with E-state index in [1.165, 1.54) is 12.1 Å². The summed E-state index contributed by atoms with van der Waals surface area (Å²) in [6.07, 6.45) is 0. The van der Waals surface area contributed by atoms with Gasteiger partial charge in [-0.2, -0.15) is 0 Å². The highest BCUT2D eigenvalue weighted by Crippen LogP contribution is 2.15. The van der Waals surface area contributed by atoms with Crippen molar-refractivity contribution in [3.8, 4) is 0 Å². The van der Waals surface area contributed by atoms with Crippen LogP contribution in [0.25, 0.3) is 0 Å². The molecular formula is C13H13BrN2O4S. The van der Waals surface area contributed by atoms with E-state index in [1.54, 1.807) is 32.0 Å². The maximum atomic E-state index is 12.0. The van der Waals surface area contributed by atoms with Gasteiger partial charge in [-0.05, 0) is 44.2 Å². The number of aryl methyl sites for hydroxylation is 2. The molecule has 0 bridgehead atoms. The number of furan rings is 1. The summed E-state index contributed by atoms with van der Waals surface area (Å²) in [6, 6.07) is 7.58. The quantitative estimate of drug-likeness (QED) is 0.805. The average molecular weight is 373 g/mol. The highest BCUT2D eigenvalue weighted by atomic mass is 79.9. The van der Waals surface area contributed by atoms with Crippen LogP contribution in [0.4, 0.5) is 0 Å². The summed E-state index contributed by atoms with van der Waals surface area (Å²) >= 11 is 3.22. The van der Waals surface area contributed by atoms with Crippen LogP contribution in [0.1, 0.15) is 21.9 Å². The Balaban J connectivity index is 2.10. The Bertz CT molecular complexity index is 766. The number of hydrogen-bond donors (Lipinski definition) is 2. The molecule has 0 aliphatic carbocycles. The molecule has 1 heterocycles. The van der Waals surface area contributed by atoms with Crippen LogP contribution in [-0.2, 0) is 10.0 Å². The number of amides is 1. The van der Waals surface area contributed by atoms with Gasteiger partial charge in [-0.15, -0.1) is 4.83 Å². The first-order valence-corrected chi connectivity index (χ1v) is 8.22. The van der Waals surface area contributed by atoms with Crippen molar-refractivity contribution in [1.29, 1.82) is 0 Å². The van der Waals surface area contributed by atoms with Crippen molar-refractivity contribution in [2.75, 3.05) is 0 Å². The number of carbonyl (C=O) groups is 1. The fraction of sp³-hybridized carbons (Fsp3) is 0.154. The second-order valence-corrected chi connectivity index (χ2v) is 6.94. The summed E-state index contributed by atoms with van der Waals surface area (Å²) in [7, 11) is -3.82. The molecule has 112 valence electrons. The number of nitrogens with one attached hydrogen (secondary N) is 2. The highest BCUT2D eigenvalue weighted by molar-refractivity contribution is 9.10. The van der Waals surface area contributed by atoms with E-state index in [0.29, 0.717) is 11.5 Å². The van der Waals surface area contributed by atoms with Crippen molar-refractivity contribution in [2.45, 2.75) is 18.7 Å². The van der Waals surface area contributed by atoms with Crippen molar-refractivity contribution < 1.29 is 17.6 Å². The summed E-state index contributed by atoms with van der Waals surface area (Å²) in [5, 5.41) is 0. The number of hydrogen-bond acceptors (Lipinski definition) is 4. The lowest BCUT2D eigenvalue weighted by atomic mass is 10.2. The van der Waals surface area contributed by atoms with Gasteiger partial charge in [0.15, 0.2) is 0 Å². The van der Waals surface area contributed by atoms with Gasteiger partial charge in [-0.3, -0.25) is 10.2 Å². The molecule has 2 N–H and O–H groups in total. The third kappa shape index (κ3) is 3.72. The maximum Gasteiger partial charge on any atom is 0.269 e. The Kier molecular flexibility index (Phi) is 4.50. The monoisotopic (exact) mass is 372 g/mol. The standard InChI is InChI=1S/C13H13BrN2O4S/c1-8-7-12(9(2)20-8)13(17)15-16-21(18,19)11-5-3-10(14)4-6-11/h3-7,16H,1-2H3,(H,15,17). The Morgan fingerprint density at radius 3 is 2.33 bits per heavy atom. The average Bonchev–Trinajstić information content (AvgIpc) is 2.76. The van der Waals surface area contributed by atoms with Gasteiger partial charge in [-0.1, -0.05) is 15.9 Å². The summed E-state index contributed by atoms with van der Waals surface area (Å²) < 4.78 is 30.0. The molecule has 0 atom stereocenters. The SMILES string of the molecule is Cc1cc(C(=O)NNS(=O)(=O)c2ccc(Br)cc2)c(C)o1. The zero-order valence-corrected chi connectivity index (χ0v) is 13.7. The molecule has 0 fully saturated rings. The Morgan fingerprint density at radius 1 is 1.19 bits per heavy atom. The van der Waals surface area contributed by atoms with Crippen LogP contribution in [0.3, 0.4) is 0 Å². The zero-order chi connectivity index (χ0) is 15.6. The second kappa shape index (κ2) is 6.00. The molecule has 2 aromatic rings. The van der Waals surface area contributed by atoms with Gasteiger partial charge in [0.25, 0.3) is 15.9 Å². The molecule has 1 aromatic carbocycles. The minimum absolute atomic E-state index is 0.0473. The Morgan fingerprint density at radius 2 is 1.81 bits per heavy atom. The third-order valence-corrected chi connectivity index (χ3v) is 4.50. The molecule has 2 rings (SSSR count). The van der Waals surface area contributed by atoms with Crippen LogP contribution in [0, 0.1) is 13.8 Å². The molecule has 21 heavy (non-hydrogen) atoms. The van der Waals surface area contributed by atoms with Gasteiger partial charge < -0.3 is 4.42 Å². The first kappa shape index (κ1) is 15.7. The van der Waals surface area contributed by atoms with Gasteiger partial charge in [0, 0.05) is 4.47 Å². The van der Waals surface area contributed by atoms with E-state index in [4.69, 9.17) is 4.42 Å². The molecule has 0 spiro atoms. The summed E-state index contributed by atoms with van der Waals surface area (Å²) in [5.41, 5.74) is 2.44. The van der Waals surface area contributed by atoms with Crippen LogP contribution >= 0.6 is 15.9 Å². The maximum absolute atomic E-state index is 12.0.